The maximum atomic E-state index is 12.3. The van der Waals surface area contributed by atoms with E-state index in [9.17, 15) is 4.79 Å². The molecule has 0 spiro atoms. The number of thiazole rings is 1. The predicted molar refractivity (Wildman–Crippen MR) is 96.2 cm³/mol. The molecule has 1 aliphatic rings. The minimum absolute atomic E-state index is 0. The Kier molecular flexibility index (Phi) is 5.97. The molecule has 4 nitrogen and oxygen atoms in total. The van der Waals surface area contributed by atoms with E-state index in [2.05, 4.69) is 41.6 Å². The fraction of sp³-hybridized carbons (Fsp3) is 0.467. The van der Waals surface area contributed by atoms with Gasteiger partial charge in [0.25, 0.3) is 0 Å². The van der Waals surface area contributed by atoms with Gasteiger partial charge in [-0.15, -0.1) is 35.1 Å². The summed E-state index contributed by atoms with van der Waals surface area (Å²) in [7, 11) is 0. The number of nitrogens with one attached hydrogen (secondary N) is 2. The lowest BCUT2D eigenvalue weighted by atomic mass is 9.93. The van der Waals surface area contributed by atoms with Gasteiger partial charge in [-0.25, -0.2) is 4.98 Å². The van der Waals surface area contributed by atoms with Gasteiger partial charge in [-0.2, -0.15) is 0 Å². The van der Waals surface area contributed by atoms with Crippen molar-refractivity contribution in [1.29, 1.82) is 0 Å². The van der Waals surface area contributed by atoms with Crippen LogP contribution in [0.1, 0.15) is 24.6 Å². The molecule has 3 rings (SSSR count). The van der Waals surface area contributed by atoms with Crippen LogP contribution in [0.15, 0.2) is 17.5 Å². The standard InChI is InChI=1S/C15H19N3OS2.ClH/c1-9-7-11(5-6-16-9)14(19)18-15-17-12(8-20-15)13-4-3-10(2)21-13;/h3-4,8-9,11,16H,5-7H2,1-2H3,(H,17,18,19);1H/t9-,11-;/m0./s1. The summed E-state index contributed by atoms with van der Waals surface area (Å²) in [4.78, 5) is 19.2. The summed E-state index contributed by atoms with van der Waals surface area (Å²) in [5.74, 6) is 0.198. The Labute approximate surface area is 144 Å². The van der Waals surface area contributed by atoms with Crippen molar-refractivity contribution < 1.29 is 4.79 Å². The van der Waals surface area contributed by atoms with Crippen LogP contribution in [0.2, 0.25) is 0 Å². The van der Waals surface area contributed by atoms with Gasteiger partial charge in [0.05, 0.1) is 10.6 Å². The van der Waals surface area contributed by atoms with Crippen LogP contribution in [0.3, 0.4) is 0 Å². The van der Waals surface area contributed by atoms with Gasteiger partial charge in [-0.3, -0.25) is 4.79 Å². The maximum Gasteiger partial charge on any atom is 0.229 e. The number of carbonyl (C=O) groups is 1. The first-order chi connectivity index (χ1) is 10.1. The monoisotopic (exact) mass is 357 g/mol. The lowest BCUT2D eigenvalue weighted by Crippen LogP contribution is -2.40. The molecule has 0 radical (unpaired) electrons. The minimum atomic E-state index is 0. The molecular weight excluding hydrogens is 338 g/mol. The number of aromatic nitrogens is 1. The van der Waals surface area contributed by atoms with Gasteiger partial charge in [0.2, 0.25) is 5.91 Å². The summed E-state index contributed by atoms with van der Waals surface area (Å²) in [5.41, 5.74) is 0.951. The number of hydrogen-bond acceptors (Lipinski definition) is 5. The van der Waals surface area contributed by atoms with Gasteiger partial charge < -0.3 is 10.6 Å². The summed E-state index contributed by atoms with van der Waals surface area (Å²) in [6.07, 6.45) is 1.80. The molecule has 0 saturated carbocycles. The number of thiophene rings is 1. The average Bonchev–Trinajstić information content (AvgIpc) is 3.07. The van der Waals surface area contributed by atoms with E-state index in [1.54, 1.807) is 11.3 Å². The number of rotatable bonds is 3. The minimum Gasteiger partial charge on any atom is -0.314 e. The molecule has 2 N–H and O–H groups in total. The molecule has 1 fully saturated rings. The molecule has 0 unspecified atom stereocenters. The molecule has 120 valence electrons. The van der Waals surface area contributed by atoms with Gasteiger partial charge >= 0.3 is 0 Å². The Balaban J connectivity index is 0.00000176. The summed E-state index contributed by atoms with van der Waals surface area (Å²) >= 11 is 3.22. The highest BCUT2D eigenvalue weighted by Crippen LogP contribution is 2.30. The fourth-order valence-corrected chi connectivity index (χ4v) is 4.21. The van der Waals surface area contributed by atoms with E-state index in [1.165, 1.54) is 16.2 Å². The molecule has 1 aliphatic heterocycles. The average molecular weight is 358 g/mol. The second kappa shape index (κ2) is 7.55. The summed E-state index contributed by atoms with van der Waals surface area (Å²) in [6, 6.07) is 4.58. The topological polar surface area (TPSA) is 54.0 Å². The molecule has 1 saturated heterocycles. The number of nitrogens with zero attached hydrogens (tertiary/aromatic N) is 1. The third-order valence-corrected chi connectivity index (χ3v) is 5.50. The summed E-state index contributed by atoms with van der Waals surface area (Å²) in [6.45, 7) is 5.12. The van der Waals surface area contributed by atoms with E-state index in [0.29, 0.717) is 11.2 Å². The normalized spacial score (nSPS) is 21.2. The zero-order chi connectivity index (χ0) is 14.8. The number of hydrogen-bond donors (Lipinski definition) is 2. The van der Waals surface area contributed by atoms with E-state index >= 15 is 0 Å². The van der Waals surface area contributed by atoms with Crippen molar-refractivity contribution in [3.05, 3.63) is 22.4 Å². The van der Waals surface area contributed by atoms with Gasteiger partial charge in [0.15, 0.2) is 5.13 Å². The quantitative estimate of drug-likeness (QED) is 0.875. The molecule has 7 heteroatoms. The Bertz CT molecular complexity index is 640. The number of anilines is 1. The highest BCUT2D eigenvalue weighted by atomic mass is 35.5. The SMILES string of the molecule is Cc1ccc(-c2csc(NC(=O)[C@H]3CCN[C@@H](C)C3)n2)s1.Cl. The Morgan fingerprint density at radius 1 is 1.45 bits per heavy atom. The maximum absolute atomic E-state index is 12.3. The molecule has 2 aromatic rings. The summed E-state index contributed by atoms with van der Waals surface area (Å²) < 4.78 is 0. The van der Waals surface area contributed by atoms with Crippen molar-refractivity contribution in [2.24, 2.45) is 5.92 Å². The van der Waals surface area contributed by atoms with Crippen LogP contribution in [0.5, 0.6) is 0 Å². The van der Waals surface area contributed by atoms with Crippen molar-refractivity contribution in [1.82, 2.24) is 10.3 Å². The Hall–Kier alpha value is -0.950. The van der Waals surface area contributed by atoms with E-state index in [-0.39, 0.29) is 24.2 Å². The van der Waals surface area contributed by atoms with Crippen LogP contribution in [0.25, 0.3) is 10.6 Å². The highest BCUT2D eigenvalue weighted by Gasteiger charge is 2.25. The van der Waals surface area contributed by atoms with Crippen LogP contribution in [0.4, 0.5) is 5.13 Å². The lowest BCUT2D eigenvalue weighted by molar-refractivity contribution is -0.120. The Morgan fingerprint density at radius 3 is 2.95 bits per heavy atom. The molecule has 2 atom stereocenters. The number of carbonyl (C=O) groups excluding carboxylic acids is 1. The molecular formula is C15H20ClN3OS2. The zero-order valence-corrected chi connectivity index (χ0v) is 15.0. The molecule has 1 amide bonds. The lowest BCUT2D eigenvalue weighted by Gasteiger charge is -2.26. The van der Waals surface area contributed by atoms with E-state index in [0.717, 1.165) is 30.0 Å². The largest absolute Gasteiger partial charge is 0.314 e. The molecule has 0 aromatic carbocycles. The first-order valence-corrected chi connectivity index (χ1v) is 8.88. The third kappa shape index (κ3) is 4.07. The second-order valence-electron chi connectivity index (χ2n) is 5.51. The van der Waals surface area contributed by atoms with Crippen LogP contribution in [0, 0.1) is 12.8 Å². The highest BCUT2D eigenvalue weighted by molar-refractivity contribution is 7.17. The van der Waals surface area contributed by atoms with Gasteiger partial charge in [0.1, 0.15) is 0 Å². The van der Waals surface area contributed by atoms with Crippen LogP contribution in [-0.4, -0.2) is 23.5 Å². The van der Waals surface area contributed by atoms with Crippen molar-refractivity contribution in [2.45, 2.75) is 32.7 Å². The Morgan fingerprint density at radius 2 is 2.27 bits per heavy atom. The number of amides is 1. The number of halogens is 1. The van der Waals surface area contributed by atoms with Crippen molar-refractivity contribution in [2.75, 3.05) is 11.9 Å². The zero-order valence-electron chi connectivity index (χ0n) is 12.6. The van der Waals surface area contributed by atoms with Gasteiger partial charge in [-0.1, -0.05) is 0 Å². The van der Waals surface area contributed by atoms with Gasteiger partial charge in [0, 0.05) is 22.2 Å². The fourth-order valence-electron chi connectivity index (χ4n) is 2.59. The van der Waals surface area contributed by atoms with Crippen LogP contribution >= 0.6 is 35.1 Å². The van der Waals surface area contributed by atoms with Crippen LogP contribution < -0.4 is 10.6 Å². The third-order valence-electron chi connectivity index (χ3n) is 3.72. The van der Waals surface area contributed by atoms with Gasteiger partial charge in [-0.05, 0) is 45.4 Å². The van der Waals surface area contributed by atoms with E-state index in [4.69, 9.17) is 0 Å². The number of aryl methyl sites for hydroxylation is 1. The van der Waals surface area contributed by atoms with Crippen molar-refractivity contribution in [3.8, 4) is 10.6 Å². The predicted octanol–water partition coefficient (Wildman–Crippen LogP) is 3.93. The smallest absolute Gasteiger partial charge is 0.229 e. The molecule has 22 heavy (non-hydrogen) atoms. The van der Waals surface area contributed by atoms with Crippen molar-refractivity contribution in [3.63, 3.8) is 0 Å². The molecule has 0 bridgehead atoms. The second-order valence-corrected chi connectivity index (χ2v) is 7.66. The van der Waals surface area contributed by atoms with E-state index < -0.39 is 0 Å². The summed E-state index contributed by atoms with van der Waals surface area (Å²) in [5, 5.41) is 9.05. The van der Waals surface area contributed by atoms with Crippen LogP contribution in [-0.2, 0) is 4.79 Å². The molecule has 3 heterocycles. The molecule has 0 aliphatic carbocycles. The number of piperidine rings is 1. The first-order valence-electron chi connectivity index (χ1n) is 7.18. The molecule has 2 aromatic heterocycles. The first kappa shape index (κ1) is 17.4. The van der Waals surface area contributed by atoms with Crippen molar-refractivity contribution >= 4 is 46.1 Å². The van der Waals surface area contributed by atoms with E-state index in [1.807, 2.05) is 5.38 Å².